The van der Waals surface area contributed by atoms with Gasteiger partial charge in [0.15, 0.2) is 0 Å². The second kappa shape index (κ2) is 18.9. The Morgan fingerprint density at radius 3 is 1.61 bits per heavy atom. The van der Waals surface area contributed by atoms with Gasteiger partial charge in [0.25, 0.3) is 0 Å². The molecule has 0 atom stereocenters. The van der Waals surface area contributed by atoms with Crippen LogP contribution >= 0.6 is 0 Å². The fourth-order valence-corrected chi connectivity index (χ4v) is 8.99. The zero-order valence-electron chi connectivity index (χ0n) is 37.0. The van der Waals surface area contributed by atoms with Crippen LogP contribution in [-0.2, 0) is 65.7 Å². The third-order valence-corrected chi connectivity index (χ3v) is 13.6. The fraction of sp³-hybridized carbons (Fsp3) is 0.340. The Morgan fingerprint density at radius 1 is 0.661 bits per heavy atom. The third-order valence-electron chi connectivity index (χ3n) is 12.1. The number of aryl methyl sites for hydroxylation is 1. The molecule has 3 aliphatic carbocycles. The van der Waals surface area contributed by atoms with E-state index in [0.717, 1.165) is 67.8 Å². The van der Waals surface area contributed by atoms with Crippen molar-refractivity contribution in [2.75, 3.05) is 0 Å². The number of alkyl halides is 6. The first-order chi connectivity index (χ1) is 27.8. The summed E-state index contributed by atoms with van der Waals surface area (Å²) in [5.74, 6) is 0. The first-order valence-electron chi connectivity index (χ1n) is 20.6. The van der Waals surface area contributed by atoms with Crippen molar-refractivity contribution in [2.24, 2.45) is 0 Å². The molecule has 0 amide bonds. The average Bonchev–Trinajstić information content (AvgIpc) is 3.82. The number of hydrogen-bond acceptors (Lipinski definition) is 0. The van der Waals surface area contributed by atoms with Gasteiger partial charge in [0.1, 0.15) is 0 Å². The number of rotatable bonds is 3. The van der Waals surface area contributed by atoms with Crippen LogP contribution in [0.1, 0.15) is 142 Å². The molecule has 0 N–H and O–H groups in total. The molecular formula is C53H54Cl2F6Zr-2. The molecule has 5 aromatic rings. The minimum atomic E-state index is -4.49. The summed E-state index contributed by atoms with van der Waals surface area (Å²) in [6, 6.07) is 25.9. The van der Waals surface area contributed by atoms with E-state index in [2.05, 4.69) is 130 Å². The van der Waals surface area contributed by atoms with Crippen LogP contribution in [0, 0.1) is 6.42 Å². The Morgan fingerprint density at radius 2 is 1.16 bits per heavy atom. The molecule has 0 heterocycles. The van der Waals surface area contributed by atoms with Crippen LogP contribution < -0.4 is 24.8 Å². The number of allylic oxidation sites excluding steroid dienone is 4. The molecule has 0 saturated carbocycles. The Labute approximate surface area is 391 Å². The van der Waals surface area contributed by atoms with Crippen LogP contribution in [-0.4, -0.2) is 3.21 Å². The molecule has 0 aliphatic heterocycles. The molecule has 8 rings (SSSR count). The monoisotopic (exact) mass is 964 g/mol. The summed E-state index contributed by atoms with van der Waals surface area (Å²) in [6.07, 6.45) is 1.46. The van der Waals surface area contributed by atoms with E-state index >= 15 is 0 Å². The van der Waals surface area contributed by atoms with E-state index in [4.69, 9.17) is 0 Å². The third kappa shape index (κ3) is 11.0. The molecule has 0 bridgehead atoms. The van der Waals surface area contributed by atoms with E-state index in [9.17, 15) is 26.3 Å². The smallest absolute Gasteiger partial charge is 1.00 e. The molecule has 0 saturated heterocycles. The predicted molar refractivity (Wildman–Crippen MR) is 233 cm³/mol. The first-order valence-corrected chi connectivity index (χ1v) is 21.8. The molecule has 0 unspecified atom stereocenters. The SMILES string of the molecule is CC1=C[CH-]C(C)(C)c2cc3c(cc21)-c1cc2c(cc1C3)C(C)(C)CC=C2C.CCc1cc(C(C)(C)C)c[cH-]1.FC(F)(F)c1cccc([C](=[Zr+2])c2cccc(C(F)(F)F)c2)c1.[Cl-].[Cl-]. The second-order valence-corrected chi connectivity index (χ2v) is 19.9. The van der Waals surface area contributed by atoms with Crippen molar-refractivity contribution in [1.29, 1.82) is 0 Å². The molecule has 62 heavy (non-hydrogen) atoms. The molecule has 328 valence electrons. The number of benzene rings is 4. The van der Waals surface area contributed by atoms with Gasteiger partial charge in [-0.05, 0) is 70.2 Å². The predicted octanol–water partition coefficient (Wildman–Crippen LogP) is 9.35. The Balaban J connectivity index is 0.000000218. The van der Waals surface area contributed by atoms with Gasteiger partial charge in [-0.1, -0.05) is 102 Å². The van der Waals surface area contributed by atoms with Crippen molar-refractivity contribution in [3.05, 3.63) is 176 Å². The van der Waals surface area contributed by atoms with Crippen LogP contribution in [0.25, 0.3) is 22.3 Å². The number of fused-ring (bicyclic) bond motifs is 5. The second-order valence-electron chi connectivity index (χ2n) is 18.6. The maximum absolute atomic E-state index is 12.7. The summed E-state index contributed by atoms with van der Waals surface area (Å²) in [4.78, 5) is 0. The molecule has 0 aromatic heterocycles. The van der Waals surface area contributed by atoms with Gasteiger partial charge in [-0.15, -0.1) is 12.5 Å². The topological polar surface area (TPSA) is 0 Å². The molecule has 0 radical (unpaired) electrons. The van der Waals surface area contributed by atoms with Gasteiger partial charge in [0, 0.05) is 0 Å². The molecular weight excluding hydrogens is 913 g/mol. The number of hydrogen-bond donors (Lipinski definition) is 0. The maximum atomic E-state index is 12.7. The van der Waals surface area contributed by atoms with Crippen LogP contribution in [0.5, 0.6) is 0 Å². The summed E-state index contributed by atoms with van der Waals surface area (Å²) >= 11 is 0.729. The Bertz CT molecular complexity index is 2360. The summed E-state index contributed by atoms with van der Waals surface area (Å²) in [6.45, 7) is 22.9. The van der Waals surface area contributed by atoms with E-state index in [1.165, 1.54) is 91.0 Å². The van der Waals surface area contributed by atoms with Crippen LogP contribution in [0.3, 0.4) is 0 Å². The number of halogens is 8. The van der Waals surface area contributed by atoms with Crippen LogP contribution in [0.15, 0.2) is 103 Å². The van der Waals surface area contributed by atoms with Gasteiger partial charge in [0.2, 0.25) is 0 Å². The summed E-state index contributed by atoms with van der Waals surface area (Å²) in [7, 11) is 0. The molecule has 0 fully saturated rings. The zero-order chi connectivity index (χ0) is 44.2. The van der Waals surface area contributed by atoms with Crippen molar-refractivity contribution < 1.29 is 75.4 Å². The van der Waals surface area contributed by atoms with E-state index in [0.29, 0.717) is 8.62 Å². The Hall–Kier alpha value is -3.51. The minimum Gasteiger partial charge on any atom is -1.00 e. The Kier molecular flexibility index (Phi) is 15.6. The molecule has 0 spiro atoms. The average molecular weight is 967 g/mol. The van der Waals surface area contributed by atoms with Gasteiger partial charge in [-0.3, -0.25) is 0 Å². The summed E-state index contributed by atoms with van der Waals surface area (Å²) < 4.78 is 76.7. The minimum absolute atomic E-state index is 0. The van der Waals surface area contributed by atoms with Gasteiger partial charge < -0.3 is 24.8 Å². The molecule has 0 nitrogen and oxygen atoms in total. The van der Waals surface area contributed by atoms with Crippen LogP contribution in [0.4, 0.5) is 26.3 Å². The van der Waals surface area contributed by atoms with Crippen LogP contribution in [0.2, 0.25) is 0 Å². The van der Waals surface area contributed by atoms with E-state index in [-0.39, 0.29) is 46.8 Å². The summed E-state index contributed by atoms with van der Waals surface area (Å²) in [5.41, 5.74) is 17.1. The molecule has 3 aliphatic rings. The van der Waals surface area contributed by atoms with Crippen molar-refractivity contribution in [1.82, 2.24) is 0 Å². The zero-order valence-corrected chi connectivity index (χ0v) is 41.0. The standard InChI is InChI=1S/C27H29.C15H8F6.C11H17.2ClH.Zr/c1-16-7-9-26(3,4)24-12-18-11-19-13-25-21(17(2)8-10-27(25,5)6)15-23(19)22(18)14-20(16)24;16-14(17,18)12-5-1-3-10(8-12)7-11-4-2-6-13(9-11)15(19,20)21;1-5-9-6-7-10(8-9)11(2,3)4;;;/h7-9,12-15H,10-11H2,1-6H3;1-6,8-9H;6-8H,5H2,1-4H3;2*1H;/q-1;;-1;;;+2/p-2. The molecule has 5 aromatic carbocycles. The molecule has 9 heteroatoms. The van der Waals surface area contributed by atoms with Gasteiger partial charge in [-0.25, -0.2) is 18.6 Å². The van der Waals surface area contributed by atoms with Crippen molar-refractivity contribution in [3.8, 4) is 11.1 Å². The quantitative estimate of drug-likeness (QED) is 0.123. The summed E-state index contributed by atoms with van der Waals surface area (Å²) in [5, 5.41) is 0. The van der Waals surface area contributed by atoms with Gasteiger partial charge in [-0.2, -0.15) is 28.8 Å². The fourth-order valence-electron chi connectivity index (χ4n) is 8.22. The van der Waals surface area contributed by atoms with Crippen molar-refractivity contribution in [3.63, 3.8) is 0 Å². The normalized spacial score (nSPS) is 15.5. The van der Waals surface area contributed by atoms with Crippen molar-refractivity contribution in [2.45, 2.75) is 117 Å². The van der Waals surface area contributed by atoms with E-state index < -0.39 is 23.5 Å². The van der Waals surface area contributed by atoms with Gasteiger partial charge >= 0.3 is 137 Å². The van der Waals surface area contributed by atoms with Gasteiger partial charge in [0.05, 0.1) is 0 Å². The van der Waals surface area contributed by atoms with E-state index in [1.54, 1.807) is 0 Å². The largest absolute Gasteiger partial charge is 1.00 e. The van der Waals surface area contributed by atoms with Crippen molar-refractivity contribution >= 4 is 14.4 Å². The first kappa shape index (κ1) is 51.1. The maximum Gasteiger partial charge on any atom is -1.00 e. The van der Waals surface area contributed by atoms with E-state index in [1.807, 2.05) is 0 Å².